The molecule has 4 rings (SSSR count). The van der Waals surface area contributed by atoms with Crippen molar-refractivity contribution in [3.63, 3.8) is 0 Å². The van der Waals surface area contributed by atoms with Crippen molar-refractivity contribution in [3.05, 3.63) is 84.2 Å². The Labute approximate surface area is 191 Å². The minimum Gasteiger partial charge on any atom is -0.496 e. The summed E-state index contributed by atoms with van der Waals surface area (Å²) in [6.07, 6.45) is 3.42. The lowest BCUT2D eigenvalue weighted by Crippen LogP contribution is -2.12. The second-order valence-electron chi connectivity index (χ2n) is 7.06. The first-order valence-electron chi connectivity index (χ1n) is 10.5. The summed E-state index contributed by atoms with van der Waals surface area (Å²) in [4.78, 5) is 16.8. The lowest BCUT2D eigenvalue weighted by Gasteiger charge is -2.13. The Bertz CT molecular complexity index is 1220. The number of benzene rings is 2. The zero-order valence-corrected chi connectivity index (χ0v) is 18.4. The van der Waals surface area contributed by atoms with Crippen molar-refractivity contribution in [2.45, 2.75) is 13.5 Å². The van der Waals surface area contributed by atoms with Gasteiger partial charge in [0.05, 0.1) is 19.4 Å². The quantitative estimate of drug-likeness (QED) is 0.388. The highest BCUT2D eigenvalue weighted by Crippen LogP contribution is 2.31. The smallest absolute Gasteiger partial charge is 0.257 e. The predicted octanol–water partition coefficient (Wildman–Crippen LogP) is 4.71. The number of aromatic amines is 1. The molecule has 2 heterocycles. The summed E-state index contributed by atoms with van der Waals surface area (Å²) in [6, 6.07) is 18.2. The van der Waals surface area contributed by atoms with Gasteiger partial charge in [-0.15, -0.1) is 0 Å². The SMILES string of the molecule is CCOc1cc(C(=O)Nc2cc(-c3ccccc3OC)[nH]n2)ccc1OCc1ccncc1. The summed E-state index contributed by atoms with van der Waals surface area (Å²) >= 11 is 0. The Kier molecular flexibility index (Phi) is 6.84. The van der Waals surface area contributed by atoms with E-state index >= 15 is 0 Å². The van der Waals surface area contributed by atoms with Gasteiger partial charge in [0.2, 0.25) is 0 Å². The van der Waals surface area contributed by atoms with Crippen molar-refractivity contribution in [2.24, 2.45) is 0 Å². The number of anilines is 1. The highest BCUT2D eigenvalue weighted by Gasteiger charge is 2.15. The summed E-state index contributed by atoms with van der Waals surface area (Å²) in [7, 11) is 1.61. The van der Waals surface area contributed by atoms with Crippen LogP contribution in [0.5, 0.6) is 17.2 Å². The number of amides is 1. The number of carbonyl (C=O) groups excluding carboxylic acids is 1. The molecule has 4 aromatic rings. The van der Waals surface area contributed by atoms with Crippen molar-refractivity contribution in [1.82, 2.24) is 15.2 Å². The van der Waals surface area contributed by atoms with Crippen LogP contribution in [-0.2, 0) is 6.61 Å². The predicted molar refractivity (Wildman–Crippen MR) is 125 cm³/mol. The fourth-order valence-electron chi connectivity index (χ4n) is 3.26. The molecule has 0 unspecified atom stereocenters. The van der Waals surface area contributed by atoms with Gasteiger partial charge in [0.15, 0.2) is 17.3 Å². The number of ether oxygens (including phenoxy) is 3. The molecule has 1 amide bonds. The van der Waals surface area contributed by atoms with E-state index in [0.29, 0.717) is 41.8 Å². The number of pyridine rings is 1. The molecule has 0 bridgehead atoms. The van der Waals surface area contributed by atoms with E-state index in [1.54, 1.807) is 43.8 Å². The molecule has 0 saturated carbocycles. The minimum absolute atomic E-state index is 0.310. The molecule has 168 valence electrons. The number of hydrogen-bond donors (Lipinski definition) is 2. The summed E-state index contributed by atoms with van der Waals surface area (Å²) in [6.45, 7) is 2.69. The molecule has 2 aromatic heterocycles. The molecule has 2 N–H and O–H groups in total. The number of methoxy groups -OCH3 is 1. The zero-order valence-electron chi connectivity index (χ0n) is 18.4. The Morgan fingerprint density at radius 2 is 1.79 bits per heavy atom. The molecule has 0 radical (unpaired) electrons. The van der Waals surface area contributed by atoms with Crippen LogP contribution in [0.4, 0.5) is 5.82 Å². The average Bonchev–Trinajstić information content (AvgIpc) is 3.32. The normalized spacial score (nSPS) is 10.5. The van der Waals surface area contributed by atoms with Gasteiger partial charge in [0, 0.05) is 29.6 Å². The fraction of sp³-hybridized carbons (Fsp3) is 0.160. The van der Waals surface area contributed by atoms with Crippen molar-refractivity contribution < 1.29 is 19.0 Å². The standard InChI is InChI=1S/C25H24N4O4/c1-3-32-23-14-18(8-9-22(23)33-16-17-10-12-26-13-11-17)25(30)27-24-15-20(28-29-24)19-6-4-5-7-21(19)31-2/h4-15H,3,16H2,1-2H3,(H2,27,28,29,30). The first-order chi connectivity index (χ1) is 16.2. The third kappa shape index (κ3) is 5.30. The van der Waals surface area contributed by atoms with E-state index in [4.69, 9.17) is 14.2 Å². The Hall–Kier alpha value is -4.33. The molecule has 33 heavy (non-hydrogen) atoms. The number of carbonyl (C=O) groups is 1. The lowest BCUT2D eigenvalue weighted by atomic mass is 10.1. The van der Waals surface area contributed by atoms with Gasteiger partial charge in [-0.3, -0.25) is 14.9 Å². The molecular weight excluding hydrogens is 420 g/mol. The van der Waals surface area contributed by atoms with Crippen LogP contribution < -0.4 is 19.5 Å². The molecule has 2 aromatic carbocycles. The van der Waals surface area contributed by atoms with Gasteiger partial charge in [0.1, 0.15) is 12.4 Å². The van der Waals surface area contributed by atoms with E-state index in [0.717, 1.165) is 16.8 Å². The van der Waals surface area contributed by atoms with Crippen LogP contribution in [0.25, 0.3) is 11.3 Å². The maximum atomic E-state index is 12.8. The Balaban J connectivity index is 1.48. The van der Waals surface area contributed by atoms with Crippen LogP contribution in [0.2, 0.25) is 0 Å². The number of aromatic nitrogens is 3. The van der Waals surface area contributed by atoms with Crippen LogP contribution in [0.15, 0.2) is 73.1 Å². The topological polar surface area (TPSA) is 98.4 Å². The largest absolute Gasteiger partial charge is 0.496 e. The Morgan fingerprint density at radius 1 is 0.970 bits per heavy atom. The minimum atomic E-state index is -0.310. The number of hydrogen-bond acceptors (Lipinski definition) is 6. The third-order valence-corrected chi connectivity index (χ3v) is 4.87. The average molecular weight is 444 g/mol. The fourth-order valence-corrected chi connectivity index (χ4v) is 3.26. The second kappa shape index (κ2) is 10.3. The highest BCUT2D eigenvalue weighted by molar-refractivity contribution is 6.04. The van der Waals surface area contributed by atoms with Crippen molar-refractivity contribution >= 4 is 11.7 Å². The number of H-pyrrole nitrogens is 1. The monoisotopic (exact) mass is 444 g/mol. The van der Waals surface area contributed by atoms with E-state index in [9.17, 15) is 4.79 Å². The van der Waals surface area contributed by atoms with Gasteiger partial charge in [-0.25, -0.2) is 0 Å². The van der Waals surface area contributed by atoms with Crippen molar-refractivity contribution in [3.8, 4) is 28.5 Å². The second-order valence-corrected chi connectivity index (χ2v) is 7.06. The molecule has 0 aliphatic heterocycles. The van der Waals surface area contributed by atoms with Gasteiger partial charge in [0.25, 0.3) is 5.91 Å². The molecule has 8 nitrogen and oxygen atoms in total. The highest BCUT2D eigenvalue weighted by atomic mass is 16.5. The van der Waals surface area contributed by atoms with Crippen molar-refractivity contribution in [2.75, 3.05) is 19.0 Å². The number of para-hydroxylation sites is 1. The third-order valence-electron chi connectivity index (χ3n) is 4.87. The molecular formula is C25H24N4O4. The summed E-state index contributed by atoms with van der Waals surface area (Å²) in [5.74, 6) is 1.86. The molecule has 0 atom stereocenters. The van der Waals surface area contributed by atoms with Gasteiger partial charge < -0.3 is 19.5 Å². The van der Waals surface area contributed by atoms with Crippen LogP contribution in [0, 0.1) is 0 Å². The van der Waals surface area contributed by atoms with Gasteiger partial charge in [-0.05, 0) is 55.0 Å². The van der Waals surface area contributed by atoms with E-state index < -0.39 is 0 Å². The molecule has 0 saturated heterocycles. The molecule has 0 aliphatic rings. The van der Waals surface area contributed by atoms with E-state index in [1.807, 2.05) is 43.3 Å². The summed E-state index contributed by atoms with van der Waals surface area (Å²) < 4.78 is 17.0. The summed E-state index contributed by atoms with van der Waals surface area (Å²) in [5.41, 5.74) is 3.00. The lowest BCUT2D eigenvalue weighted by molar-refractivity contribution is 0.102. The van der Waals surface area contributed by atoms with Gasteiger partial charge in [-0.1, -0.05) is 12.1 Å². The van der Waals surface area contributed by atoms with Gasteiger partial charge >= 0.3 is 0 Å². The maximum Gasteiger partial charge on any atom is 0.257 e. The molecule has 8 heteroatoms. The van der Waals surface area contributed by atoms with Crippen LogP contribution in [0.3, 0.4) is 0 Å². The zero-order chi connectivity index (χ0) is 23.0. The van der Waals surface area contributed by atoms with Crippen LogP contribution in [-0.4, -0.2) is 34.8 Å². The maximum absolute atomic E-state index is 12.8. The first-order valence-corrected chi connectivity index (χ1v) is 10.5. The van der Waals surface area contributed by atoms with E-state index in [-0.39, 0.29) is 5.91 Å². The molecule has 0 aliphatic carbocycles. The van der Waals surface area contributed by atoms with Crippen molar-refractivity contribution in [1.29, 1.82) is 0 Å². The summed E-state index contributed by atoms with van der Waals surface area (Å²) in [5, 5.41) is 9.94. The molecule has 0 fully saturated rings. The Morgan fingerprint density at radius 3 is 2.58 bits per heavy atom. The van der Waals surface area contributed by atoms with Gasteiger partial charge in [-0.2, -0.15) is 5.10 Å². The first kappa shape index (κ1) is 21.9. The molecule has 0 spiro atoms. The van der Waals surface area contributed by atoms with E-state index in [1.165, 1.54) is 0 Å². The van der Waals surface area contributed by atoms with E-state index in [2.05, 4.69) is 20.5 Å². The number of rotatable bonds is 9. The number of nitrogens with one attached hydrogen (secondary N) is 2. The number of nitrogens with zero attached hydrogens (tertiary/aromatic N) is 2. The van der Waals surface area contributed by atoms with Crippen LogP contribution in [0.1, 0.15) is 22.8 Å². The van der Waals surface area contributed by atoms with Crippen LogP contribution >= 0.6 is 0 Å².